The molecule has 0 N–H and O–H groups in total. The van der Waals surface area contributed by atoms with Gasteiger partial charge in [0.2, 0.25) is 0 Å². The van der Waals surface area contributed by atoms with Crippen molar-refractivity contribution in [1.82, 2.24) is 0 Å². The lowest BCUT2D eigenvalue weighted by atomic mass is 10.2. The topological polar surface area (TPSA) is 29.5 Å². The van der Waals surface area contributed by atoms with Crippen LogP contribution in [0.4, 0.5) is 5.69 Å². The van der Waals surface area contributed by atoms with E-state index in [-0.39, 0.29) is 5.97 Å². The molecule has 0 saturated heterocycles. The summed E-state index contributed by atoms with van der Waals surface area (Å²) in [5.74, 6) is -0.271. The molecule has 0 fully saturated rings. The first kappa shape index (κ1) is 16.0. The maximum atomic E-state index is 11.6. The molecule has 0 atom stereocenters. The first-order valence-electron chi connectivity index (χ1n) is 6.97. The molecular formula is C17H23NO2. The van der Waals surface area contributed by atoms with E-state index in [1.807, 2.05) is 57.2 Å². The second-order valence-corrected chi connectivity index (χ2v) is 4.31. The van der Waals surface area contributed by atoms with Gasteiger partial charge in [0.25, 0.3) is 0 Å². The molecule has 0 aromatic heterocycles. The highest BCUT2D eigenvalue weighted by Gasteiger charge is 2.08. The number of nitrogens with zero attached hydrogens (tertiary/aromatic N) is 1. The van der Waals surface area contributed by atoms with E-state index in [9.17, 15) is 4.79 Å². The first-order valence-corrected chi connectivity index (χ1v) is 6.97. The summed E-state index contributed by atoms with van der Waals surface area (Å²) in [4.78, 5) is 13.8. The van der Waals surface area contributed by atoms with Gasteiger partial charge in [0.1, 0.15) is 0 Å². The average Bonchev–Trinajstić information content (AvgIpc) is 2.48. The molecule has 20 heavy (non-hydrogen) atoms. The summed E-state index contributed by atoms with van der Waals surface area (Å²) in [5, 5.41) is 0. The third kappa shape index (κ3) is 4.92. The monoisotopic (exact) mass is 273 g/mol. The predicted octanol–water partition coefficient (Wildman–Crippen LogP) is 3.82. The SMILES string of the molecule is C/C=C/CN(C/C=C/C)c1ccc(C(=O)OCC)cc1. The Kier molecular flexibility index (Phi) is 7.18. The highest BCUT2D eigenvalue weighted by atomic mass is 16.5. The zero-order chi connectivity index (χ0) is 14.8. The van der Waals surface area contributed by atoms with E-state index in [4.69, 9.17) is 4.74 Å². The molecule has 0 saturated carbocycles. The number of allylic oxidation sites excluding steroid dienone is 2. The van der Waals surface area contributed by atoms with Crippen molar-refractivity contribution in [3.8, 4) is 0 Å². The molecule has 0 aliphatic heterocycles. The van der Waals surface area contributed by atoms with Crippen LogP contribution in [0, 0.1) is 0 Å². The Labute approximate surface area is 121 Å². The number of esters is 1. The van der Waals surface area contributed by atoms with Crippen LogP contribution in [0.3, 0.4) is 0 Å². The van der Waals surface area contributed by atoms with E-state index < -0.39 is 0 Å². The Morgan fingerprint density at radius 3 is 2.10 bits per heavy atom. The van der Waals surface area contributed by atoms with Crippen LogP contribution in [0.1, 0.15) is 31.1 Å². The summed E-state index contributed by atoms with van der Waals surface area (Å²) < 4.78 is 4.98. The number of hydrogen-bond acceptors (Lipinski definition) is 3. The molecule has 0 spiro atoms. The second-order valence-electron chi connectivity index (χ2n) is 4.31. The van der Waals surface area contributed by atoms with Crippen LogP contribution in [0.2, 0.25) is 0 Å². The molecule has 0 radical (unpaired) electrons. The van der Waals surface area contributed by atoms with Gasteiger partial charge in [-0.1, -0.05) is 24.3 Å². The summed E-state index contributed by atoms with van der Waals surface area (Å²) in [5.41, 5.74) is 1.68. The van der Waals surface area contributed by atoms with E-state index in [2.05, 4.69) is 17.1 Å². The third-order valence-electron chi connectivity index (χ3n) is 2.87. The minimum Gasteiger partial charge on any atom is -0.462 e. The number of rotatable bonds is 7. The van der Waals surface area contributed by atoms with E-state index in [0.29, 0.717) is 12.2 Å². The van der Waals surface area contributed by atoms with E-state index in [1.165, 1.54) is 0 Å². The largest absolute Gasteiger partial charge is 0.462 e. The molecule has 0 aliphatic rings. The molecular weight excluding hydrogens is 250 g/mol. The fourth-order valence-electron chi connectivity index (χ4n) is 1.77. The van der Waals surface area contributed by atoms with Gasteiger partial charge in [-0.2, -0.15) is 0 Å². The smallest absolute Gasteiger partial charge is 0.338 e. The lowest BCUT2D eigenvalue weighted by Gasteiger charge is -2.22. The quantitative estimate of drug-likeness (QED) is 0.558. The average molecular weight is 273 g/mol. The van der Waals surface area contributed by atoms with Gasteiger partial charge in [-0.3, -0.25) is 0 Å². The predicted molar refractivity (Wildman–Crippen MR) is 84.2 cm³/mol. The highest BCUT2D eigenvalue weighted by Crippen LogP contribution is 2.16. The van der Waals surface area contributed by atoms with Gasteiger partial charge >= 0.3 is 5.97 Å². The van der Waals surface area contributed by atoms with Crippen LogP contribution < -0.4 is 4.90 Å². The van der Waals surface area contributed by atoms with Gasteiger partial charge < -0.3 is 9.64 Å². The molecule has 1 rings (SSSR count). The maximum absolute atomic E-state index is 11.6. The van der Waals surface area contributed by atoms with Crippen molar-refractivity contribution in [2.45, 2.75) is 20.8 Å². The minimum atomic E-state index is -0.271. The molecule has 1 aromatic carbocycles. The van der Waals surface area contributed by atoms with Crippen LogP contribution in [-0.2, 0) is 4.74 Å². The maximum Gasteiger partial charge on any atom is 0.338 e. The number of anilines is 1. The second kappa shape index (κ2) is 8.97. The number of ether oxygens (including phenoxy) is 1. The summed E-state index contributed by atoms with van der Waals surface area (Å²) in [7, 11) is 0. The Morgan fingerprint density at radius 1 is 1.10 bits per heavy atom. The lowest BCUT2D eigenvalue weighted by Crippen LogP contribution is -2.23. The van der Waals surface area contributed by atoms with Crippen molar-refractivity contribution in [3.63, 3.8) is 0 Å². The number of hydrogen-bond donors (Lipinski definition) is 0. The van der Waals surface area contributed by atoms with Crippen LogP contribution >= 0.6 is 0 Å². The highest BCUT2D eigenvalue weighted by molar-refractivity contribution is 5.89. The molecule has 0 bridgehead atoms. The zero-order valence-electron chi connectivity index (χ0n) is 12.5. The molecule has 0 heterocycles. The fraction of sp³-hybridized carbons (Fsp3) is 0.353. The summed E-state index contributed by atoms with van der Waals surface area (Å²) >= 11 is 0. The van der Waals surface area contributed by atoms with Crippen LogP contribution in [0.15, 0.2) is 48.6 Å². The third-order valence-corrected chi connectivity index (χ3v) is 2.87. The van der Waals surface area contributed by atoms with Crippen molar-refractivity contribution in [2.75, 3.05) is 24.6 Å². The Morgan fingerprint density at radius 2 is 1.65 bits per heavy atom. The van der Waals surface area contributed by atoms with Crippen molar-refractivity contribution >= 4 is 11.7 Å². The molecule has 3 heteroatoms. The molecule has 108 valence electrons. The number of carbonyl (C=O) groups is 1. The summed E-state index contributed by atoms with van der Waals surface area (Å²) in [6.45, 7) is 7.92. The molecule has 0 unspecified atom stereocenters. The van der Waals surface area contributed by atoms with Crippen LogP contribution in [0.25, 0.3) is 0 Å². The molecule has 0 amide bonds. The fourth-order valence-corrected chi connectivity index (χ4v) is 1.77. The molecule has 0 aliphatic carbocycles. The number of benzene rings is 1. The van der Waals surface area contributed by atoms with E-state index >= 15 is 0 Å². The normalized spacial score (nSPS) is 11.2. The van der Waals surface area contributed by atoms with Gasteiger partial charge in [-0.05, 0) is 45.0 Å². The summed E-state index contributed by atoms with van der Waals surface area (Å²) in [6, 6.07) is 7.54. The standard InChI is InChI=1S/C17H23NO2/c1-4-7-13-18(14-8-5-2)16-11-9-15(10-12-16)17(19)20-6-3/h4-5,7-12H,6,13-14H2,1-3H3/b7-4+,8-5+. The van der Waals surface area contributed by atoms with Crippen molar-refractivity contribution < 1.29 is 9.53 Å². The van der Waals surface area contributed by atoms with Gasteiger partial charge in [0, 0.05) is 18.8 Å². The van der Waals surface area contributed by atoms with Crippen LogP contribution in [0.5, 0.6) is 0 Å². The van der Waals surface area contributed by atoms with Crippen molar-refractivity contribution in [3.05, 3.63) is 54.1 Å². The van der Waals surface area contributed by atoms with Gasteiger partial charge in [0.15, 0.2) is 0 Å². The van der Waals surface area contributed by atoms with E-state index in [1.54, 1.807) is 0 Å². The lowest BCUT2D eigenvalue weighted by molar-refractivity contribution is 0.0526. The Hall–Kier alpha value is -2.03. The van der Waals surface area contributed by atoms with Gasteiger partial charge in [-0.25, -0.2) is 4.79 Å². The van der Waals surface area contributed by atoms with Crippen LogP contribution in [-0.4, -0.2) is 25.7 Å². The van der Waals surface area contributed by atoms with Gasteiger partial charge in [-0.15, -0.1) is 0 Å². The number of carbonyl (C=O) groups excluding carboxylic acids is 1. The first-order chi connectivity index (χ1) is 9.72. The Bertz CT molecular complexity index is 446. The van der Waals surface area contributed by atoms with Crippen molar-refractivity contribution in [1.29, 1.82) is 0 Å². The van der Waals surface area contributed by atoms with Gasteiger partial charge in [0.05, 0.1) is 12.2 Å². The van der Waals surface area contributed by atoms with Crippen molar-refractivity contribution in [2.24, 2.45) is 0 Å². The molecule has 1 aromatic rings. The van der Waals surface area contributed by atoms with E-state index in [0.717, 1.165) is 18.8 Å². The zero-order valence-corrected chi connectivity index (χ0v) is 12.5. The minimum absolute atomic E-state index is 0.271. The Balaban J connectivity index is 2.83. The summed E-state index contributed by atoms with van der Waals surface area (Å²) in [6.07, 6.45) is 8.30. The molecule has 3 nitrogen and oxygen atoms in total.